The summed E-state index contributed by atoms with van der Waals surface area (Å²) < 4.78 is 41.6. The molecule has 1 amide bonds. The van der Waals surface area contributed by atoms with Gasteiger partial charge >= 0.3 is 6.36 Å². The molecule has 0 saturated heterocycles. The van der Waals surface area contributed by atoms with Crippen molar-refractivity contribution in [3.05, 3.63) is 64.1 Å². The lowest BCUT2D eigenvalue weighted by Gasteiger charge is -2.09. The van der Waals surface area contributed by atoms with E-state index in [0.29, 0.717) is 5.56 Å². The fourth-order valence-electron chi connectivity index (χ4n) is 2.32. The number of halogens is 3. The van der Waals surface area contributed by atoms with Crippen LogP contribution < -0.4 is 10.1 Å². The summed E-state index contributed by atoms with van der Waals surface area (Å²) in [7, 11) is 0. The molecule has 2 aromatic heterocycles. The van der Waals surface area contributed by atoms with E-state index in [4.69, 9.17) is 0 Å². The molecule has 0 aliphatic heterocycles. The van der Waals surface area contributed by atoms with Crippen LogP contribution in [-0.4, -0.2) is 32.4 Å². The molecule has 1 aromatic carbocycles. The molecule has 2 heterocycles. The first-order valence-corrected chi connectivity index (χ1v) is 8.92. The third-order valence-electron chi connectivity index (χ3n) is 3.61. The van der Waals surface area contributed by atoms with Crippen LogP contribution in [0.3, 0.4) is 0 Å². The molecule has 0 radical (unpaired) electrons. The number of hydrogen-bond acceptors (Lipinski definition) is 6. The van der Waals surface area contributed by atoms with Crippen LogP contribution in [0, 0.1) is 0 Å². The van der Waals surface area contributed by atoms with Crippen molar-refractivity contribution in [1.82, 2.24) is 20.3 Å². The van der Waals surface area contributed by atoms with Gasteiger partial charge in [0.15, 0.2) is 5.69 Å². The number of aliphatic hydroxyl groups excluding tert-OH is 1. The Morgan fingerprint density at radius 3 is 2.68 bits per heavy atom. The highest BCUT2D eigenvalue weighted by atomic mass is 32.1. The van der Waals surface area contributed by atoms with Crippen molar-refractivity contribution in [3.63, 3.8) is 0 Å². The van der Waals surface area contributed by atoms with Gasteiger partial charge in [0.25, 0.3) is 5.91 Å². The molecular formula is C17H15F3N4O3S. The van der Waals surface area contributed by atoms with Crippen molar-refractivity contribution in [2.24, 2.45) is 0 Å². The standard InChI is InChI=1S/C17H15F3N4O3S/c18-17(19,20)27-12-5-3-11(4-6-12)8-21-16(26)13-9-24(23-22-13)10-14(25)15-2-1-7-28-15/h1-7,9,14,25H,8,10H2,(H,21,26)/t14-/m1/s1. The topological polar surface area (TPSA) is 89.3 Å². The van der Waals surface area contributed by atoms with E-state index in [0.717, 1.165) is 17.0 Å². The summed E-state index contributed by atoms with van der Waals surface area (Å²) in [6.45, 7) is 0.247. The summed E-state index contributed by atoms with van der Waals surface area (Å²) in [6, 6.07) is 8.77. The predicted molar refractivity (Wildman–Crippen MR) is 93.6 cm³/mol. The highest BCUT2D eigenvalue weighted by molar-refractivity contribution is 7.10. The van der Waals surface area contributed by atoms with E-state index in [1.807, 2.05) is 11.4 Å². The van der Waals surface area contributed by atoms with Gasteiger partial charge in [-0.1, -0.05) is 23.4 Å². The van der Waals surface area contributed by atoms with Crippen molar-refractivity contribution < 1.29 is 27.8 Å². The Morgan fingerprint density at radius 1 is 1.29 bits per heavy atom. The summed E-state index contributed by atoms with van der Waals surface area (Å²) in [5.74, 6) is -0.831. The van der Waals surface area contributed by atoms with Crippen LogP contribution >= 0.6 is 11.3 Å². The second-order valence-corrected chi connectivity index (χ2v) is 6.71. The molecule has 0 unspecified atom stereocenters. The molecule has 2 N–H and O–H groups in total. The highest BCUT2D eigenvalue weighted by Crippen LogP contribution is 2.23. The van der Waals surface area contributed by atoms with Gasteiger partial charge in [0.1, 0.15) is 11.9 Å². The molecule has 0 aliphatic carbocycles. The number of benzene rings is 1. The Balaban J connectivity index is 1.52. The first kappa shape index (κ1) is 19.8. The van der Waals surface area contributed by atoms with Gasteiger partial charge in [-0.2, -0.15) is 0 Å². The number of carbonyl (C=O) groups is 1. The summed E-state index contributed by atoms with van der Waals surface area (Å²) in [4.78, 5) is 12.9. The van der Waals surface area contributed by atoms with Crippen LogP contribution in [0.5, 0.6) is 5.75 Å². The molecule has 0 bridgehead atoms. The normalized spacial score (nSPS) is 12.6. The first-order valence-electron chi connectivity index (χ1n) is 8.04. The van der Waals surface area contributed by atoms with Crippen LogP contribution in [0.25, 0.3) is 0 Å². The number of aromatic nitrogens is 3. The van der Waals surface area contributed by atoms with Crippen LogP contribution in [0.2, 0.25) is 0 Å². The van der Waals surface area contributed by atoms with Gasteiger partial charge in [-0.3, -0.25) is 4.79 Å². The van der Waals surface area contributed by atoms with Gasteiger partial charge < -0.3 is 15.2 Å². The Hall–Kier alpha value is -2.92. The molecule has 0 spiro atoms. The number of alkyl halides is 3. The molecule has 3 rings (SSSR count). The van der Waals surface area contributed by atoms with E-state index < -0.39 is 18.4 Å². The lowest BCUT2D eigenvalue weighted by atomic mass is 10.2. The molecule has 7 nitrogen and oxygen atoms in total. The second-order valence-electron chi connectivity index (χ2n) is 5.73. The smallest absolute Gasteiger partial charge is 0.406 e. The first-order chi connectivity index (χ1) is 13.3. The number of nitrogens with zero attached hydrogens (tertiary/aromatic N) is 3. The van der Waals surface area contributed by atoms with Crippen LogP contribution in [-0.2, 0) is 13.1 Å². The van der Waals surface area contributed by atoms with Gasteiger partial charge in [0.05, 0.1) is 12.7 Å². The molecule has 148 valence electrons. The van der Waals surface area contributed by atoms with Gasteiger partial charge in [-0.25, -0.2) is 4.68 Å². The molecule has 0 fully saturated rings. The van der Waals surface area contributed by atoms with Gasteiger partial charge in [0.2, 0.25) is 0 Å². The minimum absolute atomic E-state index is 0.0652. The third-order valence-corrected chi connectivity index (χ3v) is 4.59. The molecule has 0 saturated carbocycles. The van der Waals surface area contributed by atoms with E-state index in [9.17, 15) is 23.1 Å². The Kier molecular flexibility index (Phi) is 5.95. The molecule has 0 aliphatic rings. The van der Waals surface area contributed by atoms with Crippen LogP contribution in [0.1, 0.15) is 27.0 Å². The molecule has 11 heteroatoms. The number of ether oxygens (including phenoxy) is 1. The van der Waals surface area contributed by atoms with Crippen molar-refractivity contribution in [2.75, 3.05) is 0 Å². The van der Waals surface area contributed by atoms with Gasteiger partial charge in [-0.15, -0.1) is 29.6 Å². The van der Waals surface area contributed by atoms with E-state index in [2.05, 4.69) is 20.4 Å². The predicted octanol–water partition coefficient (Wildman–Crippen LogP) is 2.90. The number of hydrogen-bond donors (Lipinski definition) is 2. The largest absolute Gasteiger partial charge is 0.573 e. The Labute approximate surface area is 161 Å². The average Bonchev–Trinajstić information content (AvgIpc) is 3.31. The van der Waals surface area contributed by atoms with E-state index >= 15 is 0 Å². The van der Waals surface area contributed by atoms with Crippen LogP contribution in [0.15, 0.2) is 48.0 Å². The molecule has 3 aromatic rings. The van der Waals surface area contributed by atoms with Crippen molar-refractivity contribution in [2.45, 2.75) is 25.6 Å². The zero-order chi connectivity index (χ0) is 20.1. The SMILES string of the molecule is O=C(NCc1ccc(OC(F)(F)F)cc1)c1cn(C[C@@H](O)c2cccs2)nn1. The minimum Gasteiger partial charge on any atom is -0.406 e. The minimum atomic E-state index is -4.75. The van der Waals surface area contributed by atoms with Gasteiger partial charge in [-0.05, 0) is 29.1 Å². The Morgan fingerprint density at radius 2 is 2.04 bits per heavy atom. The number of thiophene rings is 1. The summed E-state index contributed by atoms with van der Waals surface area (Å²) in [5, 5.41) is 22.1. The summed E-state index contributed by atoms with van der Waals surface area (Å²) in [5.41, 5.74) is 0.652. The van der Waals surface area contributed by atoms with Crippen molar-refractivity contribution >= 4 is 17.2 Å². The average molecular weight is 412 g/mol. The van der Waals surface area contributed by atoms with E-state index in [-0.39, 0.29) is 24.5 Å². The second kappa shape index (κ2) is 8.40. The summed E-state index contributed by atoms with van der Waals surface area (Å²) in [6.07, 6.45) is -4.10. The number of rotatable bonds is 7. The van der Waals surface area contributed by atoms with E-state index in [1.165, 1.54) is 34.3 Å². The molecule has 1 atom stereocenters. The zero-order valence-corrected chi connectivity index (χ0v) is 15.1. The maximum Gasteiger partial charge on any atom is 0.573 e. The van der Waals surface area contributed by atoms with Crippen molar-refractivity contribution in [1.29, 1.82) is 0 Å². The fraction of sp³-hybridized carbons (Fsp3) is 0.235. The number of carbonyl (C=O) groups excluding carboxylic acids is 1. The lowest BCUT2D eigenvalue weighted by Crippen LogP contribution is -2.23. The number of amides is 1. The van der Waals surface area contributed by atoms with E-state index in [1.54, 1.807) is 6.07 Å². The summed E-state index contributed by atoms with van der Waals surface area (Å²) >= 11 is 1.41. The van der Waals surface area contributed by atoms with Crippen molar-refractivity contribution in [3.8, 4) is 5.75 Å². The molecule has 28 heavy (non-hydrogen) atoms. The zero-order valence-electron chi connectivity index (χ0n) is 14.3. The maximum absolute atomic E-state index is 12.1. The monoisotopic (exact) mass is 412 g/mol. The lowest BCUT2D eigenvalue weighted by molar-refractivity contribution is -0.274. The Bertz CT molecular complexity index is 911. The van der Waals surface area contributed by atoms with Gasteiger partial charge in [0, 0.05) is 11.4 Å². The number of aliphatic hydroxyl groups is 1. The fourth-order valence-corrected chi connectivity index (χ4v) is 3.02. The molecular weight excluding hydrogens is 397 g/mol. The van der Waals surface area contributed by atoms with Crippen LogP contribution in [0.4, 0.5) is 13.2 Å². The number of nitrogens with one attached hydrogen (secondary N) is 1. The maximum atomic E-state index is 12.1. The third kappa shape index (κ3) is 5.54. The quantitative estimate of drug-likeness (QED) is 0.623. The highest BCUT2D eigenvalue weighted by Gasteiger charge is 2.30.